The van der Waals surface area contributed by atoms with Crippen molar-refractivity contribution < 1.29 is 14.3 Å². The topological polar surface area (TPSA) is 80.0 Å². The normalized spacial score (nSPS) is 23.4. The molecule has 6 nitrogen and oxygen atoms in total. The summed E-state index contributed by atoms with van der Waals surface area (Å²) in [6, 6.07) is 6.30. The molecule has 2 atom stereocenters. The van der Waals surface area contributed by atoms with Crippen LogP contribution < -0.4 is 5.32 Å². The predicted molar refractivity (Wildman–Crippen MR) is 85.7 cm³/mol. The Labute approximate surface area is 139 Å². The van der Waals surface area contributed by atoms with Crippen molar-refractivity contribution in [2.24, 2.45) is 12.5 Å². The maximum Gasteiger partial charge on any atom is 0.271 e. The Hall–Kier alpha value is -2.28. The highest BCUT2D eigenvalue weighted by Gasteiger charge is 2.42. The molecule has 1 amide bonds. The second-order valence-electron chi connectivity index (χ2n) is 6.50. The van der Waals surface area contributed by atoms with Crippen molar-refractivity contribution in [3.05, 3.63) is 47.5 Å². The lowest BCUT2D eigenvalue weighted by Gasteiger charge is -2.33. The Balaban J connectivity index is 1.73. The van der Waals surface area contributed by atoms with Gasteiger partial charge in [0.05, 0.1) is 12.3 Å². The molecule has 128 valence electrons. The van der Waals surface area contributed by atoms with Gasteiger partial charge in [0, 0.05) is 19.0 Å². The summed E-state index contributed by atoms with van der Waals surface area (Å²) in [4.78, 5) is 12.3. The Morgan fingerprint density at radius 3 is 2.79 bits per heavy atom. The molecule has 0 radical (unpaired) electrons. The second-order valence-corrected chi connectivity index (χ2v) is 6.50. The Morgan fingerprint density at radius 1 is 1.46 bits per heavy atom. The highest BCUT2D eigenvalue weighted by atomic mass is 19.1. The summed E-state index contributed by atoms with van der Waals surface area (Å²) in [5.41, 5.74) is 0.896. The van der Waals surface area contributed by atoms with E-state index in [2.05, 4.69) is 15.6 Å². The number of amides is 1. The monoisotopic (exact) mass is 332 g/mol. The number of nitrogens with one attached hydrogen (secondary N) is 1. The fourth-order valence-corrected chi connectivity index (χ4v) is 3.45. The van der Waals surface area contributed by atoms with Crippen molar-refractivity contribution in [3.63, 3.8) is 0 Å². The minimum absolute atomic E-state index is 0.264. The first-order valence-corrected chi connectivity index (χ1v) is 8.06. The molecule has 1 heterocycles. The molecule has 2 N–H and O–H groups in total. The molecule has 1 fully saturated rings. The van der Waals surface area contributed by atoms with Crippen LogP contribution in [0.5, 0.6) is 0 Å². The van der Waals surface area contributed by atoms with Crippen LogP contribution >= 0.6 is 0 Å². The van der Waals surface area contributed by atoms with Gasteiger partial charge in [-0.25, -0.2) is 9.07 Å². The van der Waals surface area contributed by atoms with E-state index in [9.17, 15) is 14.3 Å². The van der Waals surface area contributed by atoms with E-state index < -0.39 is 11.5 Å². The van der Waals surface area contributed by atoms with Crippen LogP contribution in [0.15, 0.2) is 30.5 Å². The Kier molecular flexibility index (Phi) is 4.62. The number of aromatic nitrogens is 3. The highest BCUT2D eigenvalue weighted by molar-refractivity contribution is 5.92. The molecular weight excluding hydrogens is 311 g/mol. The molecule has 1 aromatic carbocycles. The van der Waals surface area contributed by atoms with E-state index in [1.165, 1.54) is 23.0 Å². The van der Waals surface area contributed by atoms with Crippen molar-refractivity contribution in [2.75, 3.05) is 6.54 Å². The zero-order valence-electron chi connectivity index (χ0n) is 13.6. The average molecular weight is 332 g/mol. The SMILES string of the molecule is Cn1nncc1C(=O)NC[C@@]1(Cc2ccc(F)cc2)CCC[C@@H]1O. The minimum atomic E-state index is -0.493. The summed E-state index contributed by atoms with van der Waals surface area (Å²) < 4.78 is 14.5. The van der Waals surface area contributed by atoms with Crippen LogP contribution in [0.4, 0.5) is 4.39 Å². The molecule has 0 unspecified atom stereocenters. The molecule has 0 aliphatic heterocycles. The van der Waals surface area contributed by atoms with E-state index in [0.29, 0.717) is 25.1 Å². The Bertz CT molecular complexity index is 716. The zero-order valence-corrected chi connectivity index (χ0v) is 13.6. The number of hydrogen-bond donors (Lipinski definition) is 2. The van der Waals surface area contributed by atoms with E-state index in [1.54, 1.807) is 19.2 Å². The lowest BCUT2D eigenvalue weighted by atomic mass is 9.78. The lowest BCUT2D eigenvalue weighted by molar-refractivity contribution is 0.0498. The van der Waals surface area contributed by atoms with E-state index in [4.69, 9.17) is 0 Å². The summed E-state index contributed by atoms with van der Waals surface area (Å²) >= 11 is 0. The molecule has 0 saturated heterocycles. The van der Waals surface area contributed by atoms with Gasteiger partial charge in [-0.2, -0.15) is 0 Å². The Morgan fingerprint density at radius 2 is 2.21 bits per heavy atom. The summed E-state index contributed by atoms with van der Waals surface area (Å²) in [6.07, 6.45) is 3.95. The standard InChI is InChI=1S/C17H21FN4O2/c1-22-14(10-20-21-22)16(24)19-11-17(8-2-3-15(17)23)9-12-4-6-13(18)7-5-12/h4-7,10,15,23H,2-3,8-9,11H2,1H3,(H,19,24)/t15-,17-/m0/s1. The van der Waals surface area contributed by atoms with E-state index in [1.807, 2.05) is 0 Å². The van der Waals surface area contributed by atoms with Crippen molar-refractivity contribution in [2.45, 2.75) is 31.8 Å². The van der Waals surface area contributed by atoms with Crippen LogP contribution in [0.1, 0.15) is 35.3 Å². The van der Waals surface area contributed by atoms with Crippen LogP contribution in [0.2, 0.25) is 0 Å². The fourth-order valence-electron chi connectivity index (χ4n) is 3.45. The van der Waals surface area contributed by atoms with Crippen LogP contribution in [0.3, 0.4) is 0 Å². The molecule has 0 bridgehead atoms. The first kappa shape index (κ1) is 16.6. The number of aryl methyl sites for hydroxylation is 1. The van der Waals surface area contributed by atoms with Gasteiger partial charge >= 0.3 is 0 Å². The van der Waals surface area contributed by atoms with Crippen LogP contribution in [0, 0.1) is 11.2 Å². The van der Waals surface area contributed by atoms with Gasteiger partial charge in [-0.05, 0) is 37.0 Å². The maximum atomic E-state index is 13.1. The van der Waals surface area contributed by atoms with Gasteiger partial charge in [0.15, 0.2) is 0 Å². The number of nitrogens with zero attached hydrogens (tertiary/aromatic N) is 3. The van der Waals surface area contributed by atoms with Gasteiger partial charge in [-0.1, -0.05) is 23.8 Å². The van der Waals surface area contributed by atoms with E-state index in [-0.39, 0.29) is 11.7 Å². The highest BCUT2D eigenvalue weighted by Crippen LogP contribution is 2.40. The first-order valence-electron chi connectivity index (χ1n) is 8.06. The van der Waals surface area contributed by atoms with E-state index >= 15 is 0 Å². The fraction of sp³-hybridized carbons (Fsp3) is 0.471. The molecule has 1 saturated carbocycles. The van der Waals surface area contributed by atoms with Gasteiger partial charge in [-0.15, -0.1) is 5.10 Å². The third-order valence-electron chi connectivity index (χ3n) is 4.88. The lowest BCUT2D eigenvalue weighted by Crippen LogP contribution is -2.44. The van der Waals surface area contributed by atoms with Gasteiger partial charge in [0.25, 0.3) is 5.91 Å². The number of rotatable bonds is 5. The second kappa shape index (κ2) is 6.68. The van der Waals surface area contributed by atoms with Gasteiger partial charge in [-0.3, -0.25) is 4.79 Å². The predicted octanol–water partition coefficient (Wildman–Crippen LogP) is 1.46. The minimum Gasteiger partial charge on any atom is -0.392 e. The van der Waals surface area contributed by atoms with Crippen molar-refractivity contribution in [1.82, 2.24) is 20.3 Å². The first-order chi connectivity index (χ1) is 11.5. The molecule has 24 heavy (non-hydrogen) atoms. The van der Waals surface area contributed by atoms with Gasteiger partial charge in [0.1, 0.15) is 11.5 Å². The van der Waals surface area contributed by atoms with Crippen LogP contribution in [-0.4, -0.2) is 38.7 Å². The summed E-state index contributed by atoms with van der Waals surface area (Å²) in [6.45, 7) is 0.357. The molecule has 1 aromatic heterocycles. The van der Waals surface area contributed by atoms with Crippen molar-refractivity contribution in [1.29, 1.82) is 0 Å². The largest absolute Gasteiger partial charge is 0.392 e. The number of aliphatic hydroxyl groups excluding tert-OH is 1. The number of benzene rings is 1. The maximum absolute atomic E-state index is 13.1. The average Bonchev–Trinajstić information content (AvgIpc) is 3.14. The number of hydrogen-bond acceptors (Lipinski definition) is 4. The third-order valence-corrected chi connectivity index (χ3v) is 4.88. The number of aliphatic hydroxyl groups is 1. The van der Waals surface area contributed by atoms with Crippen LogP contribution in [0.25, 0.3) is 0 Å². The molecule has 7 heteroatoms. The molecular formula is C17H21FN4O2. The number of carbonyl (C=O) groups is 1. The number of halogens is 1. The third kappa shape index (κ3) is 3.31. The van der Waals surface area contributed by atoms with E-state index in [0.717, 1.165) is 18.4 Å². The smallest absolute Gasteiger partial charge is 0.271 e. The van der Waals surface area contributed by atoms with Crippen molar-refractivity contribution in [3.8, 4) is 0 Å². The summed E-state index contributed by atoms with van der Waals surface area (Å²) in [7, 11) is 1.65. The zero-order chi connectivity index (χ0) is 17.2. The molecule has 1 aliphatic rings. The van der Waals surface area contributed by atoms with Crippen molar-refractivity contribution >= 4 is 5.91 Å². The molecule has 2 aromatic rings. The van der Waals surface area contributed by atoms with Gasteiger partial charge < -0.3 is 10.4 Å². The van der Waals surface area contributed by atoms with Crippen LogP contribution in [-0.2, 0) is 13.5 Å². The molecule has 0 spiro atoms. The molecule has 1 aliphatic carbocycles. The van der Waals surface area contributed by atoms with Gasteiger partial charge in [0.2, 0.25) is 0 Å². The summed E-state index contributed by atoms with van der Waals surface area (Å²) in [5, 5.41) is 20.8. The molecule has 3 rings (SSSR count). The quantitative estimate of drug-likeness (QED) is 0.869. The number of carbonyl (C=O) groups excluding carboxylic acids is 1. The summed E-state index contributed by atoms with van der Waals surface area (Å²) in [5.74, 6) is -0.545.